The molecule has 0 spiro atoms. The summed E-state index contributed by atoms with van der Waals surface area (Å²) < 4.78 is 7.86. The van der Waals surface area contributed by atoms with Gasteiger partial charge in [0.1, 0.15) is 12.1 Å². The van der Waals surface area contributed by atoms with Crippen molar-refractivity contribution in [3.63, 3.8) is 0 Å². The molecule has 7 heteroatoms. The minimum Gasteiger partial charge on any atom is -0.464 e. The lowest BCUT2D eigenvalue weighted by atomic mass is 10.4. The number of carbonyl (C=O) groups excluding carboxylic acids is 1. The second kappa shape index (κ2) is 3.93. The summed E-state index contributed by atoms with van der Waals surface area (Å²) in [6, 6.07) is 0. The van der Waals surface area contributed by atoms with E-state index in [9.17, 15) is 4.79 Å². The van der Waals surface area contributed by atoms with Gasteiger partial charge in [0.15, 0.2) is 5.69 Å². The maximum atomic E-state index is 11.4. The Labute approximate surface area is 97.8 Å². The van der Waals surface area contributed by atoms with E-state index in [0.717, 1.165) is 11.4 Å². The molecular weight excluding hydrogens is 222 g/mol. The number of aryl methyl sites for hydroxylation is 2. The first-order valence-electron chi connectivity index (χ1n) is 4.96. The van der Waals surface area contributed by atoms with Crippen molar-refractivity contribution in [1.29, 1.82) is 0 Å². The Bertz CT molecular complexity index is 569. The van der Waals surface area contributed by atoms with Gasteiger partial charge in [-0.05, 0) is 6.92 Å². The quantitative estimate of drug-likeness (QED) is 0.755. The van der Waals surface area contributed by atoms with Crippen LogP contribution in [0.25, 0.3) is 5.69 Å². The second-order valence-electron chi connectivity index (χ2n) is 3.61. The summed E-state index contributed by atoms with van der Waals surface area (Å²) in [6.45, 7) is 1.85. The van der Waals surface area contributed by atoms with E-state index in [1.165, 1.54) is 13.4 Å². The number of nitrogens with zero attached hydrogens (tertiary/aromatic N) is 4. The monoisotopic (exact) mass is 235 g/mol. The molecule has 2 aromatic rings. The zero-order chi connectivity index (χ0) is 12.6. The molecule has 0 saturated heterocycles. The number of nitrogen functional groups attached to an aromatic ring is 1. The fourth-order valence-electron chi connectivity index (χ4n) is 1.63. The highest BCUT2D eigenvalue weighted by molar-refractivity contribution is 5.92. The molecule has 0 radical (unpaired) electrons. The summed E-state index contributed by atoms with van der Waals surface area (Å²) in [5.41, 5.74) is 7.54. The van der Waals surface area contributed by atoms with Gasteiger partial charge in [0, 0.05) is 13.2 Å². The van der Waals surface area contributed by atoms with Gasteiger partial charge < -0.3 is 10.5 Å². The molecule has 0 fully saturated rings. The molecule has 0 saturated carbocycles. The van der Waals surface area contributed by atoms with Crippen molar-refractivity contribution < 1.29 is 9.53 Å². The maximum absolute atomic E-state index is 11.4. The third-order valence-corrected chi connectivity index (χ3v) is 2.43. The molecule has 0 aliphatic rings. The van der Waals surface area contributed by atoms with Crippen molar-refractivity contribution in [2.45, 2.75) is 6.92 Å². The van der Waals surface area contributed by atoms with Crippen molar-refractivity contribution in [2.24, 2.45) is 7.05 Å². The fourth-order valence-corrected chi connectivity index (χ4v) is 1.63. The molecule has 0 aromatic carbocycles. The molecule has 0 aliphatic carbocycles. The van der Waals surface area contributed by atoms with E-state index in [4.69, 9.17) is 5.73 Å². The van der Waals surface area contributed by atoms with Crippen LogP contribution in [0.3, 0.4) is 0 Å². The largest absolute Gasteiger partial charge is 0.464 e. The smallest absolute Gasteiger partial charge is 0.360 e. The number of carbonyl (C=O) groups is 1. The van der Waals surface area contributed by atoms with Crippen molar-refractivity contribution in [2.75, 3.05) is 12.8 Å². The number of hydrogen-bond donors (Lipinski definition) is 1. The predicted molar refractivity (Wildman–Crippen MR) is 60.8 cm³/mol. The van der Waals surface area contributed by atoms with Crippen molar-refractivity contribution >= 4 is 11.8 Å². The Morgan fingerprint density at radius 2 is 2.24 bits per heavy atom. The zero-order valence-electron chi connectivity index (χ0n) is 9.84. The van der Waals surface area contributed by atoms with E-state index in [0.29, 0.717) is 0 Å². The molecule has 2 aromatic heterocycles. The summed E-state index contributed by atoms with van der Waals surface area (Å²) in [7, 11) is 3.10. The van der Waals surface area contributed by atoms with Crippen molar-refractivity contribution in [3.8, 4) is 5.69 Å². The average Bonchev–Trinajstić information content (AvgIpc) is 2.81. The molecule has 0 aliphatic heterocycles. The van der Waals surface area contributed by atoms with Gasteiger partial charge in [-0.15, -0.1) is 0 Å². The Hall–Kier alpha value is -2.31. The van der Waals surface area contributed by atoms with E-state index in [-0.39, 0.29) is 11.5 Å². The number of esters is 1. The number of aromatic nitrogens is 4. The van der Waals surface area contributed by atoms with Gasteiger partial charge in [-0.3, -0.25) is 9.25 Å². The summed E-state index contributed by atoms with van der Waals surface area (Å²) in [4.78, 5) is 15.3. The standard InChI is InChI=1S/C10H13N5O2/c1-6-7(4-14(2)13-6)15-5-12-8(9(15)11)10(16)17-3/h4-5H,11H2,1-3H3. The summed E-state index contributed by atoms with van der Waals surface area (Å²) in [5.74, 6) is -0.309. The minimum atomic E-state index is -0.553. The van der Waals surface area contributed by atoms with Gasteiger partial charge in [0.25, 0.3) is 0 Å². The van der Waals surface area contributed by atoms with Gasteiger partial charge in [-0.1, -0.05) is 0 Å². The van der Waals surface area contributed by atoms with Gasteiger partial charge in [0.05, 0.1) is 18.5 Å². The van der Waals surface area contributed by atoms with Gasteiger partial charge in [0.2, 0.25) is 0 Å². The van der Waals surface area contributed by atoms with Gasteiger partial charge in [-0.2, -0.15) is 5.10 Å². The van der Waals surface area contributed by atoms with Crippen LogP contribution >= 0.6 is 0 Å². The van der Waals surface area contributed by atoms with E-state index in [1.807, 2.05) is 14.0 Å². The Morgan fingerprint density at radius 1 is 1.53 bits per heavy atom. The van der Waals surface area contributed by atoms with Crippen LogP contribution in [-0.4, -0.2) is 32.4 Å². The van der Waals surface area contributed by atoms with Gasteiger partial charge >= 0.3 is 5.97 Å². The van der Waals surface area contributed by atoms with Crippen LogP contribution in [0, 0.1) is 6.92 Å². The number of anilines is 1. The van der Waals surface area contributed by atoms with Crippen LogP contribution in [0.4, 0.5) is 5.82 Å². The number of hydrogen-bond acceptors (Lipinski definition) is 5. The average molecular weight is 235 g/mol. The molecule has 7 nitrogen and oxygen atoms in total. The van der Waals surface area contributed by atoms with E-state index >= 15 is 0 Å². The molecular formula is C10H13N5O2. The van der Waals surface area contributed by atoms with E-state index < -0.39 is 5.97 Å². The Balaban J connectivity index is 2.51. The first-order chi connectivity index (χ1) is 8.04. The molecule has 2 N–H and O–H groups in total. The summed E-state index contributed by atoms with van der Waals surface area (Å²) >= 11 is 0. The Morgan fingerprint density at radius 3 is 2.76 bits per heavy atom. The van der Waals surface area contributed by atoms with Crippen LogP contribution in [0.2, 0.25) is 0 Å². The molecule has 0 unspecified atom stereocenters. The lowest BCUT2D eigenvalue weighted by Crippen LogP contribution is -2.07. The first-order valence-corrected chi connectivity index (χ1v) is 4.96. The number of methoxy groups -OCH3 is 1. The van der Waals surface area contributed by atoms with Crippen molar-refractivity contribution in [1.82, 2.24) is 19.3 Å². The van der Waals surface area contributed by atoms with Crippen LogP contribution in [-0.2, 0) is 11.8 Å². The van der Waals surface area contributed by atoms with Crippen LogP contribution in [0.1, 0.15) is 16.2 Å². The molecule has 0 bridgehead atoms. The first kappa shape index (κ1) is 11.2. The number of rotatable bonds is 2. The topological polar surface area (TPSA) is 88.0 Å². The second-order valence-corrected chi connectivity index (χ2v) is 3.61. The molecule has 2 heterocycles. The lowest BCUT2D eigenvalue weighted by molar-refractivity contribution is 0.0596. The maximum Gasteiger partial charge on any atom is 0.360 e. The fraction of sp³-hybridized carbons (Fsp3) is 0.300. The van der Waals surface area contributed by atoms with Crippen LogP contribution < -0.4 is 5.73 Å². The molecule has 17 heavy (non-hydrogen) atoms. The number of nitrogens with two attached hydrogens (primary N) is 1. The van der Waals surface area contributed by atoms with Gasteiger partial charge in [-0.25, -0.2) is 9.78 Å². The predicted octanol–water partition coefficient (Wildman–Crippen LogP) is 0.283. The molecule has 0 atom stereocenters. The van der Waals surface area contributed by atoms with Crippen LogP contribution in [0.15, 0.2) is 12.5 Å². The number of ether oxygens (including phenoxy) is 1. The third kappa shape index (κ3) is 1.75. The highest BCUT2D eigenvalue weighted by Gasteiger charge is 2.18. The van der Waals surface area contributed by atoms with E-state index in [2.05, 4.69) is 14.8 Å². The highest BCUT2D eigenvalue weighted by Crippen LogP contribution is 2.19. The molecule has 90 valence electrons. The minimum absolute atomic E-state index is 0.107. The normalized spacial score (nSPS) is 10.5. The lowest BCUT2D eigenvalue weighted by Gasteiger charge is -2.02. The summed E-state index contributed by atoms with van der Waals surface area (Å²) in [5, 5.41) is 4.20. The SMILES string of the molecule is COC(=O)c1ncn(-c2cn(C)nc2C)c1N. The molecule has 2 rings (SSSR count). The summed E-state index contributed by atoms with van der Waals surface area (Å²) in [6.07, 6.45) is 3.28. The molecule has 0 amide bonds. The zero-order valence-corrected chi connectivity index (χ0v) is 9.84. The van der Waals surface area contributed by atoms with E-state index in [1.54, 1.807) is 15.4 Å². The highest BCUT2D eigenvalue weighted by atomic mass is 16.5. The Kier molecular flexibility index (Phi) is 2.58. The third-order valence-electron chi connectivity index (χ3n) is 2.43. The number of imidazole rings is 1. The van der Waals surface area contributed by atoms with Crippen molar-refractivity contribution in [3.05, 3.63) is 23.9 Å². The van der Waals surface area contributed by atoms with Crippen LogP contribution in [0.5, 0.6) is 0 Å².